The summed E-state index contributed by atoms with van der Waals surface area (Å²) in [5.41, 5.74) is -0.0464. The molecule has 1 aromatic rings. The van der Waals surface area contributed by atoms with Crippen molar-refractivity contribution in [1.82, 2.24) is 9.80 Å². The molecule has 1 aliphatic carbocycles. The fraction of sp³-hybridized carbons (Fsp3) is 0.650. The lowest BCUT2D eigenvalue weighted by Crippen LogP contribution is -2.57. The van der Waals surface area contributed by atoms with Crippen LogP contribution >= 0.6 is 11.3 Å². The number of aryl methyl sites for hydroxylation is 1. The van der Waals surface area contributed by atoms with Crippen molar-refractivity contribution in [1.29, 1.82) is 0 Å². The number of hydrogen-bond acceptors (Lipinski definition) is 4. The highest BCUT2D eigenvalue weighted by Crippen LogP contribution is 2.32. The molecule has 3 aliphatic rings. The quantitative estimate of drug-likeness (QED) is 0.776. The van der Waals surface area contributed by atoms with Gasteiger partial charge in [0.15, 0.2) is 0 Å². The topological polar surface area (TPSA) is 32.8 Å². The Morgan fingerprint density at radius 2 is 2.00 bits per heavy atom. The van der Waals surface area contributed by atoms with Crippen molar-refractivity contribution >= 4 is 17.2 Å². The van der Waals surface area contributed by atoms with Gasteiger partial charge in [-0.15, -0.1) is 11.3 Å². The molecule has 4 nitrogen and oxygen atoms in total. The monoisotopic (exact) mass is 360 g/mol. The molecular weight excluding hydrogens is 332 g/mol. The minimum absolute atomic E-state index is 0.0464. The second-order valence-electron chi connectivity index (χ2n) is 7.72. The molecule has 0 aromatic carbocycles. The Hall–Kier alpha value is -1.17. The Kier molecular flexibility index (Phi) is 4.98. The molecule has 1 amide bonds. The summed E-state index contributed by atoms with van der Waals surface area (Å²) in [6.45, 7) is 7.71. The molecule has 0 unspecified atom stereocenters. The first-order valence-corrected chi connectivity index (χ1v) is 10.3. The maximum absolute atomic E-state index is 12.6. The Morgan fingerprint density at radius 1 is 1.24 bits per heavy atom. The van der Waals surface area contributed by atoms with Crippen LogP contribution in [0.2, 0.25) is 0 Å². The molecule has 136 valence electrons. The molecule has 4 rings (SSSR count). The average Bonchev–Trinajstić information content (AvgIpc) is 3.27. The van der Waals surface area contributed by atoms with Crippen LogP contribution in [0.4, 0.5) is 0 Å². The third-order valence-electron chi connectivity index (χ3n) is 5.85. The number of thiophene rings is 1. The lowest BCUT2D eigenvalue weighted by Gasteiger charge is -2.47. The molecule has 2 saturated heterocycles. The van der Waals surface area contributed by atoms with Crippen LogP contribution in [0.25, 0.3) is 0 Å². The molecule has 2 aliphatic heterocycles. The molecule has 1 spiro atoms. The van der Waals surface area contributed by atoms with Gasteiger partial charge in [-0.05, 0) is 44.7 Å². The van der Waals surface area contributed by atoms with Gasteiger partial charge in [0.05, 0.1) is 12.2 Å². The summed E-state index contributed by atoms with van der Waals surface area (Å²) in [5.74, 6) is 0.543. The molecule has 0 N–H and O–H groups in total. The van der Waals surface area contributed by atoms with E-state index in [9.17, 15) is 4.79 Å². The standard InChI is InChI=1S/C20H28N2O2S/c1-16-6-7-18(25-16)14-21-12-13-24-20(15-21)8-10-22(11-9-20)19(23)17-4-2-3-5-17/h2-3,6-7,17H,4-5,8-15H2,1H3. The number of rotatable bonds is 3. The van der Waals surface area contributed by atoms with Gasteiger partial charge >= 0.3 is 0 Å². The molecule has 3 heterocycles. The van der Waals surface area contributed by atoms with E-state index in [2.05, 4.69) is 41.0 Å². The maximum atomic E-state index is 12.6. The predicted molar refractivity (Wildman–Crippen MR) is 101 cm³/mol. The van der Waals surface area contributed by atoms with Crippen molar-refractivity contribution in [3.05, 3.63) is 34.0 Å². The Balaban J connectivity index is 1.32. The zero-order chi connectivity index (χ0) is 17.3. The number of piperidine rings is 1. The first-order valence-electron chi connectivity index (χ1n) is 9.49. The summed E-state index contributed by atoms with van der Waals surface area (Å²) in [5, 5.41) is 0. The average molecular weight is 361 g/mol. The Bertz CT molecular complexity index is 638. The van der Waals surface area contributed by atoms with E-state index < -0.39 is 0 Å². The summed E-state index contributed by atoms with van der Waals surface area (Å²) in [7, 11) is 0. The van der Waals surface area contributed by atoms with E-state index in [1.165, 1.54) is 9.75 Å². The van der Waals surface area contributed by atoms with Gasteiger partial charge in [0, 0.05) is 48.4 Å². The van der Waals surface area contributed by atoms with E-state index in [1.54, 1.807) is 0 Å². The molecular formula is C20H28N2O2S. The number of likely N-dealkylation sites (tertiary alicyclic amines) is 1. The molecule has 2 fully saturated rings. The van der Waals surface area contributed by atoms with Crippen LogP contribution in [-0.4, -0.2) is 54.1 Å². The van der Waals surface area contributed by atoms with Crippen LogP contribution < -0.4 is 0 Å². The molecule has 5 heteroatoms. The molecule has 0 saturated carbocycles. The summed E-state index contributed by atoms with van der Waals surface area (Å²) in [6, 6.07) is 4.46. The van der Waals surface area contributed by atoms with Crippen LogP contribution in [-0.2, 0) is 16.1 Å². The third-order valence-corrected chi connectivity index (χ3v) is 6.83. The van der Waals surface area contributed by atoms with Crippen LogP contribution in [0.15, 0.2) is 24.3 Å². The molecule has 0 radical (unpaired) electrons. The number of allylic oxidation sites excluding steroid dienone is 2. The van der Waals surface area contributed by atoms with Crippen molar-refractivity contribution in [2.75, 3.05) is 32.8 Å². The van der Waals surface area contributed by atoms with Crippen LogP contribution in [0.3, 0.4) is 0 Å². The van der Waals surface area contributed by atoms with Gasteiger partial charge in [0.25, 0.3) is 0 Å². The van der Waals surface area contributed by atoms with Crippen LogP contribution in [0, 0.1) is 12.8 Å². The van der Waals surface area contributed by atoms with Crippen molar-refractivity contribution in [2.24, 2.45) is 5.92 Å². The first-order chi connectivity index (χ1) is 12.1. The van der Waals surface area contributed by atoms with E-state index in [0.29, 0.717) is 5.91 Å². The smallest absolute Gasteiger partial charge is 0.226 e. The van der Waals surface area contributed by atoms with Crippen molar-refractivity contribution < 1.29 is 9.53 Å². The van der Waals surface area contributed by atoms with E-state index >= 15 is 0 Å². The molecule has 0 atom stereocenters. The predicted octanol–water partition coefficient (Wildman–Crippen LogP) is 3.22. The zero-order valence-corrected chi connectivity index (χ0v) is 15.9. The highest BCUT2D eigenvalue weighted by molar-refractivity contribution is 7.11. The van der Waals surface area contributed by atoms with Gasteiger partial charge in [-0.2, -0.15) is 0 Å². The number of amides is 1. The van der Waals surface area contributed by atoms with Gasteiger partial charge in [-0.25, -0.2) is 0 Å². The maximum Gasteiger partial charge on any atom is 0.226 e. The normalized spacial score (nSPS) is 24.3. The van der Waals surface area contributed by atoms with Crippen LogP contribution in [0.5, 0.6) is 0 Å². The fourth-order valence-electron chi connectivity index (χ4n) is 4.36. The first kappa shape index (κ1) is 17.3. The highest BCUT2D eigenvalue weighted by Gasteiger charge is 2.41. The highest BCUT2D eigenvalue weighted by atomic mass is 32.1. The number of nitrogens with zero attached hydrogens (tertiary/aromatic N) is 2. The van der Waals surface area contributed by atoms with Gasteiger partial charge in [-0.3, -0.25) is 9.69 Å². The van der Waals surface area contributed by atoms with Gasteiger partial charge in [0.2, 0.25) is 5.91 Å². The number of carbonyl (C=O) groups excluding carboxylic acids is 1. The van der Waals surface area contributed by atoms with Crippen molar-refractivity contribution in [2.45, 2.75) is 44.8 Å². The van der Waals surface area contributed by atoms with Crippen molar-refractivity contribution in [3.8, 4) is 0 Å². The summed E-state index contributed by atoms with van der Waals surface area (Å²) in [6.07, 6.45) is 8.07. The second-order valence-corrected chi connectivity index (χ2v) is 9.09. The summed E-state index contributed by atoms with van der Waals surface area (Å²) < 4.78 is 6.24. The lowest BCUT2D eigenvalue weighted by atomic mass is 9.88. The van der Waals surface area contributed by atoms with Crippen LogP contribution in [0.1, 0.15) is 35.4 Å². The number of hydrogen-bond donors (Lipinski definition) is 0. The van der Waals surface area contributed by atoms with Gasteiger partial charge in [0.1, 0.15) is 0 Å². The largest absolute Gasteiger partial charge is 0.372 e. The summed E-state index contributed by atoms with van der Waals surface area (Å²) >= 11 is 1.89. The van der Waals surface area contributed by atoms with Crippen molar-refractivity contribution in [3.63, 3.8) is 0 Å². The Morgan fingerprint density at radius 3 is 2.68 bits per heavy atom. The number of morpholine rings is 1. The van der Waals surface area contributed by atoms with Gasteiger partial charge < -0.3 is 9.64 Å². The second kappa shape index (κ2) is 7.22. The summed E-state index contributed by atoms with van der Waals surface area (Å²) in [4.78, 5) is 20.0. The van der Waals surface area contributed by atoms with E-state index in [4.69, 9.17) is 4.74 Å². The zero-order valence-electron chi connectivity index (χ0n) is 15.1. The lowest BCUT2D eigenvalue weighted by molar-refractivity contribution is -0.153. The Labute approximate surface area is 154 Å². The fourth-order valence-corrected chi connectivity index (χ4v) is 5.30. The number of ether oxygens (including phenoxy) is 1. The minimum atomic E-state index is -0.0464. The SMILES string of the molecule is Cc1ccc(CN2CCOC3(CCN(C(=O)C4CC=CC4)CC3)C2)s1. The molecule has 25 heavy (non-hydrogen) atoms. The van der Waals surface area contributed by atoms with E-state index in [1.807, 2.05) is 11.3 Å². The molecule has 1 aromatic heterocycles. The van der Waals surface area contributed by atoms with Gasteiger partial charge in [-0.1, -0.05) is 12.2 Å². The van der Waals surface area contributed by atoms with E-state index in [0.717, 1.165) is 65.0 Å². The molecule has 0 bridgehead atoms. The third kappa shape index (κ3) is 3.83. The van der Waals surface area contributed by atoms with E-state index in [-0.39, 0.29) is 11.5 Å². The minimum Gasteiger partial charge on any atom is -0.372 e. The number of carbonyl (C=O) groups is 1.